The van der Waals surface area contributed by atoms with E-state index in [-0.39, 0.29) is 6.10 Å². The number of rotatable bonds is 4. The first-order chi connectivity index (χ1) is 7.88. The number of carbonyl (C=O) groups is 1. The predicted octanol–water partition coefficient (Wildman–Crippen LogP) is 2.08. The molecule has 0 aromatic heterocycles. The van der Waals surface area contributed by atoms with E-state index in [1.165, 1.54) is 20.1 Å². The van der Waals surface area contributed by atoms with E-state index in [1.54, 1.807) is 13.0 Å². The number of carbonyl (C=O) groups excluding carboxylic acids is 1. The molecule has 0 aliphatic carbocycles. The Balaban J connectivity index is 0. The zero-order valence-electron chi connectivity index (χ0n) is 10.3. The van der Waals surface area contributed by atoms with Gasteiger partial charge in [0.15, 0.2) is 12.2 Å². The van der Waals surface area contributed by atoms with E-state index in [0.717, 1.165) is 0 Å². The van der Waals surface area contributed by atoms with Gasteiger partial charge in [-0.2, -0.15) is 10.5 Å². The maximum atomic E-state index is 10.6. The molecule has 0 rings (SSSR count). The maximum Gasteiger partial charge on any atom is 0.334 e. The summed E-state index contributed by atoms with van der Waals surface area (Å²) in [5, 5.41) is 16.3. The molecule has 0 saturated heterocycles. The third kappa shape index (κ3) is 11.7. The number of nitriles is 2. The normalized spacial score (nSPS) is 11.4. The minimum atomic E-state index is -0.691. The minimum absolute atomic E-state index is 0.307. The van der Waals surface area contributed by atoms with Crippen molar-refractivity contribution in [3.8, 4) is 12.1 Å². The Labute approximate surface area is 102 Å². The Morgan fingerprint density at radius 2 is 1.76 bits per heavy atom. The van der Waals surface area contributed by atoms with Crippen LogP contribution in [-0.2, 0) is 14.3 Å². The second kappa shape index (κ2) is 10.3. The van der Waals surface area contributed by atoms with Gasteiger partial charge in [0.2, 0.25) is 0 Å². The van der Waals surface area contributed by atoms with Gasteiger partial charge in [-0.1, -0.05) is 13.2 Å². The lowest BCUT2D eigenvalue weighted by molar-refractivity contribution is -0.141. The molecule has 2 unspecified atom stereocenters. The van der Waals surface area contributed by atoms with E-state index < -0.39 is 12.1 Å². The molecule has 17 heavy (non-hydrogen) atoms. The first-order valence-corrected chi connectivity index (χ1v) is 4.81. The van der Waals surface area contributed by atoms with Crippen molar-refractivity contribution in [2.24, 2.45) is 0 Å². The van der Waals surface area contributed by atoms with Gasteiger partial charge >= 0.3 is 5.97 Å². The van der Waals surface area contributed by atoms with Crippen molar-refractivity contribution < 1.29 is 14.3 Å². The molecule has 2 atom stereocenters. The summed E-state index contributed by atoms with van der Waals surface area (Å²) >= 11 is 0. The van der Waals surface area contributed by atoms with Crippen molar-refractivity contribution in [3.05, 3.63) is 25.0 Å². The first-order valence-electron chi connectivity index (χ1n) is 4.81. The Bertz CT molecular complexity index is 350. The van der Waals surface area contributed by atoms with E-state index in [1.807, 2.05) is 6.07 Å². The molecule has 0 spiro atoms. The molecular weight excluding hydrogens is 220 g/mol. The van der Waals surface area contributed by atoms with Crippen LogP contribution in [0.1, 0.15) is 20.8 Å². The molecule has 5 nitrogen and oxygen atoms in total. The molecule has 0 fully saturated rings. The van der Waals surface area contributed by atoms with Crippen LogP contribution >= 0.6 is 0 Å². The molecule has 0 bridgehead atoms. The van der Waals surface area contributed by atoms with Gasteiger partial charge in [0, 0.05) is 5.57 Å². The molecule has 0 aliphatic rings. The maximum absolute atomic E-state index is 10.6. The average Bonchev–Trinajstić information content (AvgIpc) is 2.29. The number of ether oxygens (including phenoxy) is 2. The summed E-state index contributed by atoms with van der Waals surface area (Å²) in [5.41, 5.74) is 0.307. The van der Waals surface area contributed by atoms with E-state index in [2.05, 4.69) is 22.6 Å². The van der Waals surface area contributed by atoms with E-state index in [4.69, 9.17) is 10.5 Å². The lowest BCUT2D eigenvalue weighted by Gasteiger charge is -2.03. The molecule has 0 saturated carbocycles. The molecule has 5 heteroatoms. The summed E-state index contributed by atoms with van der Waals surface area (Å²) in [7, 11) is 0. The quantitative estimate of drug-likeness (QED) is 0.424. The largest absolute Gasteiger partial charge is 0.484 e. The highest BCUT2D eigenvalue weighted by molar-refractivity contribution is 5.87. The van der Waals surface area contributed by atoms with Crippen LogP contribution in [0.3, 0.4) is 0 Å². The van der Waals surface area contributed by atoms with Gasteiger partial charge < -0.3 is 9.47 Å². The van der Waals surface area contributed by atoms with Crippen LogP contribution in [0.5, 0.6) is 0 Å². The van der Waals surface area contributed by atoms with Crippen molar-refractivity contribution in [2.75, 3.05) is 0 Å². The van der Waals surface area contributed by atoms with Crippen LogP contribution in [-0.4, -0.2) is 18.2 Å². The fraction of sp³-hybridized carbons (Fsp3) is 0.417. The van der Waals surface area contributed by atoms with Crippen molar-refractivity contribution in [1.82, 2.24) is 0 Å². The molecule has 0 aromatic rings. The second-order valence-electron chi connectivity index (χ2n) is 3.03. The number of hydrogen-bond donors (Lipinski definition) is 0. The topological polar surface area (TPSA) is 83.1 Å². The molecule has 0 aromatic carbocycles. The van der Waals surface area contributed by atoms with E-state index in [0.29, 0.717) is 5.57 Å². The van der Waals surface area contributed by atoms with Crippen LogP contribution in [0.4, 0.5) is 0 Å². The van der Waals surface area contributed by atoms with Gasteiger partial charge in [0.25, 0.3) is 0 Å². The third-order valence-electron chi connectivity index (χ3n) is 1.30. The Kier molecular flexibility index (Phi) is 10.3. The minimum Gasteiger partial charge on any atom is -0.484 e. The van der Waals surface area contributed by atoms with E-state index in [9.17, 15) is 4.79 Å². The Hall–Kier alpha value is -2.27. The number of nitrogens with zero attached hydrogens (tertiary/aromatic N) is 2. The van der Waals surface area contributed by atoms with Gasteiger partial charge in [0.05, 0.1) is 6.26 Å². The van der Waals surface area contributed by atoms with Gasteiger partial charge in [-0.05, 0) is 20.8 Å². The van der Waals surface area contributed by atoms with Crippen molar-refractivity contribution in [3.63, 3.8) is 0 Å². The lowest BCUT2D eigenvalue weighted by Crippen LogP contribution is -2.12. The van der Waals surface area contributed by atoms with Crippen LogP contribution in [0.2, 0.25) is 0 Å². The Morgan fingerprint density at radius 3 is 2.00 bits per heavy atom. The zero-order valence-corrected chi connectivity index (χ0v) is 10.3. The fourth-order valence-corrected chi connectivity index (χ4v) is 0.462. The summed E-state index contributed by atoms with van der Waals surface area (Å²) < 4.78 is 9.16. The molecule has 0 heterocycles. The van der Waals surface area contributed by atoms with E-state index >= 15 is 0 Å². The SMILES string of the molecule is C=C(C)C(=O)OC(C)C#N.C=COC(C)C#N. The summed E-state index contributed by atoms with van der Waals surface area (Å²) in [6.45, 7) is 11.3. The van der Waals surface area contributed by atoms with Crippen LogP contribution in [0, 0.1) is 22.7 Å². The second-order valence-corrected chi connectivity index (χ2v) is 3.03. The first kappa shape index (κ1) is 17.1. The highest BCUT2D eigenvalue weighted by Gasteiger charge is 2.07. The average molecular weight is 236 g/mol. The number of esters is 1. The smallest absolute Gasteiger partial charge is 0.334 e. The fourth-order valence-electron chi connectivity index (χ4n) is 0.462. The summed E-state index contributed by atoms with van der Waals surface area (Å²) in [6.07, 6.45) is 0.204. The highest BCUT2D eigenvalue weighted by Crippen LogP contribution is 1.95. The standard InChI is InChI=1S/C7H9NO2.C5H7NO/c1-5(2)7(9)10-6(3)4-8;1-3-7-5(2)4-6/h6H,1H2,2-3H3;3,5H,1H2,2H3. The summed E-state index contributed by atoms with van der Waals surface area (Å²) in [6, 6.07) is 3.64. The van der Waals surface area contributed by atoms with Gasteiger partial charge in [0.1, 0.15) is 12.1 Å². The molecule has 0 aliphatic heterocycles. The molecular formula is C12H16N2O3. The van der Waals surface area contributed by atoms with Crippen LogP contribution in [0.25, 0.3) is 0 Å². The summed E-state index contributed by atoms with van der Waals surface area (Å²) in [4.78, 5) is 10.6. The van der Waals surface area contributed by atoms with Crippen molar-refractivity contribution >= 4 is 5.97 Å². The lowest BCUT2D eigenvalue weighted by atomic mass is 10.3. The van der Waals surface area contributed by atoms with Gasteiger partial charge in [-0.15, -0.1) is 0 Å². The molecule has 0 amide bonds. The monoisotopic (exact) mass is 236 g/mol. The van der Waals surface area contributed by atoms with Gasteiger partial charge in [-0.3, -0.25) is 0 Å². The van der Waals surface area contributed by atoms with Crippen molar-refractivity contribution in [2.45, 2.75) is 33.0 Å². The number of hydrogen-bond acceptors (Lipinski definition) is 5. The Morgan fingerprint density at radius 1 is 1.29 bits per heavy atom. The third-order valence-corrected chi connectivity index (χ3v) is 1.30. The van der Waals surface area contributed by atoms with Crippen LogP contribution < -0.4 is 0 Å². The zero-order chi connectivity index (χ0) is 13.8. The van der Waals surface area contributed by atoms with Crippen molar-refractivity contribution in [1.29, 1.82) is 10.5 Å². The van der Waals surface area contributed by atoms with Gasteiger partial charge in [-0.25, -0.2) is 4.79 Å². The van der Waals surface area contributed by atoms with Crippen LogP contribution in [0.15, 0.2) is 25.0 Å². The molecule has 0 N–H and O–H groups in total. The molecule has 0 radical (unpaired) electrons. The highest BCUT2D eigenvalue weighted by atomic mass is 16.5. The molecule has 92 valence electrons. The summed E-state index contributed by atoms with van der Waals surface area (Å²) in [5.74, 6) is -0.519. The predicted molar refractivity (Wildman–Crippen MR) is 62.3 cm³/mol.